The van der Waals surface area contributed by atoms with E-state index in [1.807, 2.05) is 0 Å². The molecule has 0 aliphatic heterocycles. The Labute approximate surface area is 79.0 Å². The normalized spacial score (nSPS) is 28.5. The van der Waals surface area contributed by atoms with Gasteiger partial charge in [0.1, 0.15) is 0 Å². The number of nitrogens with one attached hydrogen (secondary N) is 1. The van der Waals surface area contributed by atoms with Gasteiger partial charge in [-0.15, -0.1) is 0 Å². The lowest BCUT2D eigenvalue weighted by Crippen LogP contribution is -2.45. The summed E-state index contributed by atoms with van der Waals surface area (Å²) in [6.45, 7) is 2.70. The van der Waals surface area contributed by atoms with E-state index < -0.39 is 11.9 Å². The number of nitrogens with two attached hydrogens (primary N) is 2. The third-order valence-electron chi connectivity index (χ3n) is 2.55. The molecule has 1 saturated carbocycles. The van der Waals surface area contributed by atoms with Crippen molar-refractivity contribution in [1.29, 1.82) is 0 Å². The summed E-state index contributed by atoms with van der Waals surface area (Å²) in [4.78, 5) is 10.6. The second-order valence-electron chi connectivity index (χ2n) is 3.81. The van der Waals surface area contributed by atoms with Crippen molar-refractivity contribution in [2.75, 3.05) is 6.54 Å². The van der Waals surface area contributed by atoms with Gasteiger partial charge in [-0.05, 0) is 18.8 Å². The average molecular weight is 185 g/mol. The summed E-state index contributed by atoms with van der Waals surface area (Å²) in [5.41, 5.74) is 10.5. The highest BCUT2D eigenvalue weighted by molar-refractivity contribution is 5.79. The largest absolute Gasteiger partial charge is 0.368 e. The maximum Gasteiger partial charge on any atom is 0.235 e. The van der Waals surface area contributed by atoms with Crippen molar-refractivity contribution in [3.63, 3.8) is 0 Å². The first kappa shape index (κ1) is 10.5. The van der Waals surface area contributed by atoms with Crippen LogP contribution in [0.3, 0.4) is 0 Å². The van der Waals surface area contributed by atoms with Gasteiger partial charge < -0.3 is 16.8 Å². The lowest BCUT2D eigenvalue weighted by Gasteiger charge is -2.08. The fourth-order valence-corrected chi connectivity index (χ4v) is 1.57. The number of amides is 1. The molecule has 3 unspecified atom stereocenters. The van der Waals surface area contributed by atoms with Crippen LogP contribution in [-0.4, -0.2) is 24.5 Å². The molecule has 1 aliphatic rings. The second-order valence-corrected chi connectivity index (χ2v) is 3.81. The van der Waals surface area contributed by atoms with Crippen molar-refractivity contribution in [3.05, 3.63) is 0 Å². The van der Waals surface area contributed by atoms with Gasteiger partial charge in [-0.25, -0.2) is 0 Å². The van der Waals surface area contributed by atoms with E-state index in [-0.39, 0.29) is 0 Å². The Bertz CT molecular complexity index is 184. The lowest BCUT2D eigenvalue weighted by atomic mass is 10.2. The van der Waals surface area contributed by atoms with Gasteiger partial charge in [-0.1, -0.05) is 13.3 Å². The summed E-state index contributed by atoms with van der Waals surface area (Å²) >= 11 is 0. The van der Waals surface area contributed by atoms with Crippen LogP contribution in [0.25, 0.3) is 0 Å². The van der Waals surface area contributed by atoms with Crippen molar-refractivity contribution >= 4 is 5.91 Å². The highest BCUT2D eigenvalue weighted by Crippen LogP contribution is 2.34. The topological polar surface area (TPSA) is 81.1 Å². The molecular formula is C9H19N3O. The van der Waals surface area contributed by atoms with Crippen LogP contribution in [0.1, 0.15) is 26.2 Å². The number of primary amides is 1. The third-order valence-corrected chi connectivity index (χ3v) is 2.55. The van der Waals surface area contributed by atoms with Crippen LogP contribution in [0.15, 0.2) is 0 Å². The molecule has 0 heterocycles. The molecular weight excluding hydrogens is 166 g/mol. The Hall–Kier alpha value is -0.610. The summed E-state index contributed by atoms with van der Waals surface area (Å²) in [6.07, 6.45) is 3.72. The van der Waals surface area contributed by atoms with E-state index in [9.17, 15) is 4.79 Å². The van der Waals surface area contributed by atoms with Crippen LogP contribution >= 0.6 is 0 Å². The Kier molecular flexibility index (Phi) is 3.69. The van der Waals surface area contributed by atoms with Crippen LogP contribution in [0.2, 0.25) is 0 Å². The summed E-state index contributed by atoms with van der Waals surface area (Å²) in [7, 11) is 0. The summed E-state index contributed by atoms with van der Waals surface area (Å²) in [5.74, 6) is 0.366. The number of hydrogen-bond acceptors (Lipinski definition) is 3. The predicted octanol–water partition coefficient (Wildman–Crippen LogP) is -0.423. The quantitative estimate of drug-likeness (QED) is 0.525. The van der Waals surface area contributed by atoms with Crippen LogP contribution < -0.4 is 16.8 Å². The van der Waals surface area contributed by atoms with Gasteiger partial charge in [0.05, 0.1) is 6.04 Å². The maximum atomic E-state index is 10.6. The minimum absolute atomic E-state index is 0.430. The molecule has 3 atom stereocenters. The van der Waals surface area contributed by atoms with Gasteiger partial charge >= 0.3 is 0 Å². The first-order chi connectivity index (χ1) is 6.15. The summed E-state index contributed by atoms with van der Waals surface area (Å²) in [6, 6.07) is 0.0354. The molecule has 13 heavy (non-hydrogen) atoms. The van der Waals surface area contributed by atoms with E-state index in [1.54, 1.807) is 0 Å². The predicted molar refractivity (Wildman–Crippen MR) is 52.0 cm³/mol. The molecule has 0 saturated heterocycles. The van der Waals surface area contributed by atoms with E-state index in [2.05, 4.69) is 12.2 Å². The second kappa shape index (κ2) is 4.58. The van der Waals surface area contributed by atoms with Gasteiger partial charge in [0.25, 0.3) is 0 Å². The Balaban J connectivity index is 2.05. The van der Waals surface area contributed by atoms with Crippen molar-refractivity contribution < 1.29 is 4.79 Å². The fraction of sp³-hybridized carbons (Fsp3) is 0.889. The standard InChI is InChI=1S/C9H19N3O/c1-2-3-6-4-8(6)12-5-7(10)9(11)13/h6-8,12H,2-5,10H2,1H3,(H2,11,13). The molecule has 0 spiro atoms. The van der Waals surface area contributed by atoms with Gasteiger partial charge in [-0.3, -0.25) is 4.79 Å². The molecule has 5 N–H and O–H groups in total. The van der Waals surface area contributed by atoms with Crippen LogP contribution in [-0.2, 0) is 4.79 Å². The molecule has 0 bridgehead atoms. The minimum atomic E-state index is -0.539. The molecule has 1 fully saturated rings. The van der Waals surface area contributed by atoms with E-state index >= 15 is 0 Å². The van der Waals surface area contributed by atoms with E-state index in [0.29, 0.717) is 12.6 Å². The van der Waals surface area contributed by atoms with Crippen molar-refractivity contribution in [1.82, 2.24) is 5.32 Å². The average Bonchev–Trinajstić information content (AvgIpc) is 2.80. The van der Waals surface area contributed by atoms with Crippen LogP contribution in [0.5, 0.6) is 0 Å². The molecule has 4 nitrogen and oxygen atoms in total. The SMILES string of the molecule is CCCC1CC1NCC(N)C(N)=O. The van der Waals surface area contributed by atoms with E-state index in [1.165, 1.54) is 19.3 Å². The Morgan fingerprint density at radius 3 is 2.92 bits per heavy atom. The zero-order valence-corrected chi connectivity index (χ0v) is 8.12. The van der Waals surface area contributed by atoms with Gasteiger partial charge in [-0.2, -0.15) is 0 Å². The molecule has 76 valence electrons. The van der Waals surface area contributed by atoms with Crippen molar-refractivity contribution in [3.8, 4) is 0 Å². The molecule has 1 amide bonds. The molecule has 0 aromatic carbocycles. The molecule has 0 aromatic rings. The summed E-state index contributed by atoms with van der Waals surface area (Å²) in [5, 5.41) is 3.25. The Morgan fingerprint density at radius 1 is 1.69 bits per heavy atom. The van der Waals surface area contributed by atoms with Crippen LogP contribution in [0, 0.1) is 5.92 Å². The monoisotopic (exact) mass is 185 g/mol. The zero-order valence-electron chi connectivity index (χ0n) is 8.12. The van der Waals surface area contributed by atoms with Gasteiger partial charge in [0.15, 0.2) is 0 Å². The summed E-state index contributed by atoms with van der Waals surface area (Å²) < 4.78 is 0. The number of carbonyl (C=O) groups is 1. The van der Waals surface area contributed by atoms with Gasteiger partial charge in [0, 0.05) is 12.6 Å². The first-order valence-corrected chi connectivity index (χ1v) is 4.93. The number of hydrogen-bond donors (Lipinski definition) is 3. The minimum Gasteiger partial charge on any atom is -0.368 e. The molecule has 4 heteroatoms. The third kappa shape index (κ3) is 3.32. The zero-order chi connectivity index (χ0) is 9.84. The molecule has 0 aromatic heterocycles. The highest BCUT2D eigenvalue weighted by Gasteiger charge is 2.35. The van der Waals surface area contributed by atoms with Crippen molar-refractivity contribution in [2.24, 2.45) is 17.4 Å². The van der Waals surface area contributed by atoms with Crippen LogP contribution in [0.4, 0.5) is 0 Å². The van der Waals surface area contributed by atoms with Crippen molar-refractivity contribution in [2.45, 2.75) is 38.3 Å². The molecule has 0 radical (unpaired) electrons. The van der Waals surface area contributed by atoms with Gasteiger partial charge in [0.2, 0.25) is 5.91 Å². The molecule has 1 aliphatic carbocycles. The highest BCUT2D eigenvalue weighted by atomic mass is 16.1. The van der Waals surface area contributed by atoms with E-state index in [0.717, 1.165) is 5.92 Å². The number of rotatable bonds is 6. The Morgan fingerprint density at radius 2 is 2.38 bits per heavy atom. The van der Waals surface area contributed by atoms with E-state index in [4.69, 9.17) is 11.5 Å². The molecule has 1 rings (SSSR count). The number of carbonyl (C=O) groups excluding carboxylic acids is 1. The fourth-order valence-electron chi connectivity index (χ4n) is 1.57. The maximum absolute atomic E-state index is 10.6. The lowest BCUT2D eigenvalue weighted by molar-refractivity contribution is -0.119. The first-order valence-electron chi connectivity index (χ1n) is 4.93. The smallest absolute Gasteiger partial charge is 0.235 e.